The van der Waals surface area contributed by atoms with Crippen molar-refractivity contribution in [3.63, 3.8) is 0 Å². The Balaban J connectivity index is 1.64. The number of oxazole rings is 2. The summed E-state index contributed by atoms with van der Waals surface area (Å²) in [5.74, 6) is 1.26. The Morgan fingerprint density at radius 3 is 1.59 bits per heavy atom. The predicted octanol–water partition coefficient (Wildman–Crippen LogP) is 6.55. The van der Waals surface area contributed by atoms with Gasteiger partial charge in [-0.05, 0) is 35.4 Å². The Morgan fingerprint density at radius 1 is 0.531 bits per heavy atom. The van der Waals surface area contributed by atoms with Gasteiger partial charge in [0.05, 0.1) is 0 Å². The Labute approximate surface area is 185 Å². The molecule has 0 bridgehead atoms. The summed E-state index contributed by atoms with van der Waals surface area (Å²) in [5.41, 5.74) is 4.64. The van der Waals surface area contributed by atoms with Crippen LogP contribution in [0.3, 0.4) is 0 Å². The number of rotatable bonds is 5. The summed E-state index contributed by atoms with van der Waals surface area (Å²) in [6, 6.07) is 36.4. The molecule has 0 spiro atoms. The first-order chi connectivity index (χ1) is 15.8. The molecule has 6 aromatic rings. The summed E-state index contributed by atoms with van der Waals surface area (Å²) < 4.78 is 12.6. The lowest BCUT2D eigenvalue weighted by atomic mass is 9.71. The summed E-state index contributed by atoms with van der Waals surface area (Å²) in [4.78, 5) is 9.74. The van der Waals surface area contributed by atoms with Gasteiger partial charge in [0.1, 0.15) is 16.4 Å². The summed E-state index contributed by atoms with van der Waals surface area (Å²) in [6.07, 6.45) is 0.475. The predicted molar refractivity (Wildman–Crippen MR) is 124 cm³/mol. The highest BCUT2D eigenvalue weighted by Crippen LogP contribution is 2.42. The molecule has 0 aliphatic rings. The fraction of sp³-hybridized carbons (Fsp3) is 0.0714. The lowest BCUT2D eigenvalue weighted by Gasteiger charge is -2.31. The van der Waals surface area contributed by atoms with Crippen LogP contribution < -0.4 is 0 Å². The van der Waals surface area contributed by atoms with Gasteiger partial charge in [0.25, 0.3) is 0 Å². The maximum Gasteiger partial charge on any atom is 0.211 e. The van der Waals surface area contributed by atoms with E-state index >= 15 is 0 Å². The number of hydrogen-bond donors (Lipinski definition) is 0. The van der Waals surface area contributed by atoms with E-state index in [-0.39, 0.29) is 0 Å². The zero-order chi connectivity index (χ0) is 21.4. The third kappa shape index (κ3) is 3.00. The maximum atomic E-state index is 6.41. The molecular weight excluding hydrogens is 396 g/mol. The summed E-state index contributed by atoms with van der Waals surface area (Å²) in [7, 11) is 0. The van der Waals surface area contributed by atoms with Gasteiger partial charge in [-0.2, -0.15) is 0 Å². The molecule has 0 atom stereocenters. The van der Waals surface area contributed by atoms with Gasteiger partial charge in [0, 0.05) is 6.42 Å². The molecule has 0 saturated heterocycles. The fourth-order valence-corrected chi connectivity index (χ4v) is 4.42. The molecule has 4 aromatic carbocycles. The largest absolute Gasteiger partial charge is 0.441 e. The first-order valence-electron chi connectivity index (χ1n) is 10.6. The van der Waals surface area contributed by atoms with E-state index in [9.17, 15) is 0 Å². The number of hydrogen-bond acceptors (Lipinski definition) is 4. The summed E-state index contributed by atoms with van der Waals surface area (Å²) in [5, 5.41) is 0. The van der Waals surface area contributed by atoms with Gasteiger partial charge in [-0.25, -0.2) is 9.97 Å². The SMILES string of the molecule is c1ccc(C(Cc2nc3ccccc3o2)(c2ccccc2)c2nc3ccccc3o2)cc1. The zero-order valence-corrected chi connectivity index (χ0v) is 17.3. The van der Waals surface area contributed by atoms with Gasteiger partial charge in [-0.1, -0.05) is 84.9 Å². The molecule has 2 aromatic heterocycles. The Kier molecular flexibility index (Phi) is 4.36. The van der Waals surface area contributed by atoms with Crippen LogP contribution in [0.15, 0.2) is 118 Å². The minimum Gasteiger partial charge on any atom is -0.441 e. The zero-order valence-electron chi connectivity index (χ0n) is 17.3. The molecule has 0 aliphatic heterocycles. The first-order valence-corrected chi connectivity index (χ1v) is 10.6. The van der Waals surface area contributed by atoms with E-state index in [1.54, 1.807) is 0 Å². The molecule has 32 heavy (non-hydrogen) atoms. The van der Waals surface area contributed by atoms with Crippen molar-refractivity contribution < 1.29 is 8.83 Å². The number of benzene rings is 4. The normalized spacial score (nSPS) is 11.9. The van der Waals surface area contributed by atoms with Gasteiger partial charge in [-0.3, -0.25) is 0 Å². The molecule has 4 nitrogen and oxygen atoms in total. The molecule has 0 saturated carbocycles. The monoisotopic (exact) mass is 416 g/mol. The van der Waals surface area contributed by atoms with E-state index in [0.29, 0.717) is 18.2 Å². The standard InChI is InChI=1S/C28H20N2O2/c1-3-11-20(12-4-1)28(21-13-5-2-6-14-21,27-30-23-16-8-10-18-25(23)32-27)19-26-29-22-15-7-9-17-24(22)31-26/h1-18H,19H2. The van der Waals surface area contributed by atoms with Crippen LogP contribution in [0, 0.1) is 0 Å². The number of fused-ring (bicyclic) bond motifs is 2. The van der Waals surface area contributed by atoms with Crippen molar-refractivity contribution in [1.29, 1.82) is 0 Å². The van der Waals surface area contributed by atoms with Crippen LogP contribution in [-0.4, -0.2) is 9.97 Å². The van der Waals surface area contributed by atoms with Gasteiger partial charge in [0.15, 0.2) is 17.1 Å². The molecule has 0 amide bonds. The Morgan fingerprint density at radius 2 is 1.03 bits per heavy atom. The first kappa shape index (κ1) is 18.6. The number of aromatic nitrogens is 2. The highest BCUT2D eigenvalue weighted by Gasteiger charge is 2.43. The molecule has 0 fully saturated rings. The van der Waals surface area contributed by atoms with Gasteiger partial charge in [0.2, 0.25) is 5.89 Å². The smallest absolute Gasteiger partial charge is 0.211 e. The molecule has 0 radical (unpaired) electrons. The fourth-order valence-electron chi connectivity index (χ4n) is 4.42. The van der Waals surface area contributed by atoms with Crippen molar-refractivity contribution in [3.8, 4) is 0 Å². The minimum absolute atomic E-state index is 0.475. The average Bonchev–Trinajstić information content (AvgIpc) is 3.47. The molecule has 6 rings (SSSR count). The highest BCUT2D eigenvalue weighted by molar-refractivity contribution is 5.73. The van der Waals surface area contributed by atoms with Crippen LogP contribution in [0.1, 0.15) is 22.9 Å². The van der Waals surface area contributed by atoms with Crippen LogP contribution in [0.2, 0.25) is 0 Å². The second kappa shape index (κ2) is 7.50. The third-order valence-electron chi connectivity index (χ3n) is 5.95. The number of para-hydroxylation sites is 4. The van der Waals surface area contributed by atoms with Crippen molar-refractivity contribution in [2.75, 3.05) is 0 Å². The van der Waals surface area contributed by atoms with E-state index in [0.717, 1.165) is 33.3 Å². The van der Waals surface area contributed by atoms with Crippen molar-refractivity contribution in [1.82, 2.24) is 9.97 Å². The number of nitrogens with zero attached hydrogens (tertiary/aromatic N) is 2. The van der Waals surface area contributed by atoms with E-state index in [1.807, 2.05) is 84.9 Å². The van der Waals surface area contributed by atoms with Gasteiger partial charge in [-0.15, -0.1) is 0 Å². The highest BCUT2D eigenvalue weighted by atomic mass is 16.4. The second-order valence-corrected chi connectivity index (χ2v) is 7.88. The topological polar surface area (TPSA) is 52.1 Å². The molecule has 154 valence electrons. The molecule has 0 aliphatic carbocycles. The van der Waals surface area contributed by atoms with Crippen LogP contribution in [0.25, 0.3) is 22.2 Å². The van der Waals surface area contributed by atoms with Crippen LogP contribution in [0.4, 0.5) is 0 Å². The molecule has 0 unspecified atom stereocenters. The molecule has 0 N–H and O–H groups in total. The molecule has 4 heteroatoms. The van der Waals surface area contributed by atoms with E-state index < -0.39 is 5.41 Å². The van der Waals surface area contributed by atoms with Crippen molar-refractivity contribution in [2.24, 2.45) is 0 Å². The van der Waals surface area contributed by atoms with E-state index in [2.05, 4.69) is 24.3 Å². The second-order valence-electron chi connectivity index (χ2n) is 7.88. The average molecular weight is 416 g/mol. The lowest BCUT2D eigenvalue weighted by molar-refractivity contribution is 0.395. The lowest BCUT2D eigenvalue weighted by Crippen LogP contribution is -2.32. The van der Waals surface area contributed by atoms with Crippen molar-refractivity contribution in [2.45, 2.75) is 11.8 Å². The molecular formula is C28H20N2O2. The molecule has 2 heterocycles. The Bertz CT molecular complexity index is 1390. The quantitative estimate of drug-likeness (QED) is 0.320. The van der Waals surface area contributed by atoms with E-state index in [1.165, 1.54) is 0 Å². The van der Waals surface area contributed by atoms with Crippen molar-refractivity contribution in [3.05, 3.63) is 132 Å². The van der Waals surface area contributed by atoms with Crippen LogP contribution in [-0.2, 0) is 11.8 Å². The van der Waals surface area contributed by atoms with Crippen molar-refractivity contribution >= 4 is 22.2 Å². The van der Waals surface area contributed by atoms with Gasteiger partial charge >= 0.3 is 0 Å². The summed E-state index contributed by atoms with van der Waals surface area (Å²) >= 11 is 0. The third-order valence-corrected chi connectivity index (χ3v) is 5.95. The van der Waals surface area contributed by atoms with Crippen LogP contribution in [0.5, 0.6) is 0 Å². The van der Waals surface area contributed by atoms with Gasteiger partial charge < -0.3 is 8.83 Å². The maximum absolute atomic E-state index is 6.41. The Hall–Kier alpha value is -4.18. The minimum atomic E-state index is -0.706. The summed E-state index contributed by atoms with van der Waals surface area (Å²) in [6.45, 7) is 0. The van der Waals surface area contributed by atoms with Crippen LogP contribution >= 0.6 is 0 Å². The van der Waals surface area contributed by atoms with E-state index in [4.69, 9.17) is 18.8 Å².